The maximum atomic E-state index is 6.23. The fourth-order valence-corrected chi connectivity index (χ4v) is 4.88. The molecule has 3 aromatic carbocycles. The highest BCUT2D eigenvalue weighted by Gasteiger charge is 2.29. The number of nitrogens with zero attached hydrogens (tertiary/aromatic N) is 3. The van der Waals surface area contributed by atoms with Gasteiger partial charge in [-0.3, -0.25) is 0 Å². The highest BCUT2D eigenvalue weighted by Crippen LogP contribution is 2.53. The van der Waals surface area contributed by atoms with Crippen molar-refractivity contribution in [1.82, 2.24) is 9.66 Å². The fourth-order valence-electron chi connectivity index (χ4n) is 4.88. The second-order valence-corrected chi connectivity index (χ2v) is 9.07. The van der Waals surface area contributed by atoms with Gasteiger partial charge in [0.15, 0.2) is 0 Å². The van der Waals surface area contributed by atoms with E-state index in [1.54, 1.807) is 10.9 Å². The van der Waals surface area contributed by atoms with Crippen molar-refractivity contribution in [3.8, 4) is 33.5 Å². The van der Waals surface area contributed by atoms with Gasteiger partial charge in [-0.05, 0) is 46.2 Å². The Morgan fingerprint density at radius 1 is 0.794 bits per heavy atom. The van der Waals surface area contributed by atoms with Gasteiger partial charge in [-0.1, -0.05) is 106 Å². The second-order valence-electron chi connectivity index (χ2n) is 9.07. The number of anilines is 1. The van der Waals surface area contributed by atoms with Crippen molar-refractivity contribution in [1.29, 1.82) is 0 Å². The first-order valence-electron chi connectivity index (χ1n) is 12.5. The molecule has 34 heavy (non-hydrogen) atoms. The molecule has 5 rings (SSSR count). The molecule has 0 amide bonds. The number of imidazole rings is 1. The average Bonchev–Trinajstić information content (AvgIpc) is 3.23. The van der Waals surface area contributed by atoms with E-state index in [1.165, 1.54) is 66.3 Å². The molecule has 0 radical (unpaired) electrons. The second kappa shape index (κ2) is 10.1. The van der Waals surface area contributed by atoms with Crippen molar-refractivity contribution in [2.24, 2.45) is 5.10 Å². The lowest BCUT2D eigenvalue weighted by molar-refractivity contribution is 0.608. The minimum absolute atomic E-state index is 0.389. The van der Waals surface area contributed by atoms with E-state index in [4.69, 9.17) is 5.73 Å². The van der Waals surface area contributed by atoms with Crippen LogP contribution in [0.2, 0.25) is 0 Å². The Bertz CT molecular complexity index is 1300. The van der Waals surface area contributed by atoms with Crippen molar-refractivity contribution < 1.29 is 0 Å². The number of hydrogen-bond acceptors (Lipinski definition) is 3. The molecule has 0 spiro atoms. The largest absolute Gasteiger partial charge is 0.368 e. The number of unbranched alkanes of at least 4 members (excludes halogenated alkanes) is 5. The zero-order chi connectivity index (χ0) is 23.3. The number of benzene rings is 3. The van der Waals surface area contributed by atoms with Gasteiger partial charge in [0.2, 0.25) is 5.95 Å². The summed E-state index contributed by atoms with van der Waals surface area (Å²) in [5, 5.41) is 4.53. The first kappa shape index (κ1) is 22.1. The van der Waals surface area contributed by atoms with E-state index >= 15 is 0 Å². The lowest BCUT2D eigenvalue weighted by atomic mass is 9.74. The molecule has 1 heterocycles. The van der Waals surface area contributed by atoms with Crippen LogP contribution in [0, 0.1) is 0 Å². The molecule has 0 saturated heterocycles. The van der Waals surface area contributed by atoms with E-state index in [0.29, 0.717) is 5.95 Å². The zero-order valence-corrected chi connectivity index (χ0v) is 19.9. The van der Waals surface area contributed by atoms with Crippen molar-refractivity contribution in [2.75, 3.05) is 5.73 Å². The number of aromatic nitrogens is 2. The van der Waals surface area contributed by atoms with Crippen molar-refractivity contribution >= 4 is 12.2 Å². The fraction of sp³-hybridized carbons (Fsp3) is 0.267. The smallest absolute Gasteiger partial charge is 0.221 e. The maximum absolute atomic E-state index is 6.23. The molecule has 1 aromatic heterocycles. The first-order chi connectivity index (χ1) is 16.8. The van der Waals surface area contributed by atoms with Crippen LogP contribution in [0.3, 0.4) is 0 Å². The lowest BCUT2D eigenvalue weighted by Crippen LogP contribution is -2.05. The van der Waals surface area contributed by atoms with E-state index in [9.17, 15) is 0 Å². The quantitative estimate of drug-likeness (QED) is 0.177. The third-order valence-electron chi connectivity index (χ3n) is 6.68. The number of aryl methyl sites for hydroxylation is 1. The minimum atomic E-state index is 0.389. The zero-order valence-electron chi connectivity index (χ0n) is 19.9. The number of nitrogen functional groups attached to an aromatic ring is 1. The Morgan fingerprint density at radius 2 is 1.50 bits per heavy atom. The van der Waals surface area contributed by atoms with Gasteiger partial charge in [0.25, 0.3) is 0 Å². The number of fused-ring (bicyclic) bond motifs is 4. The molecule has 0 unspecified atom stereocenters. The molecule has 4 heteroatoms. The van der Waals surface area contributed by atoms with Gasteiger partial charge >= 0.3 is 0 Å². The van der Waals surface area contributed by atoms with Crippen molar-refractivity contribution in [3.05, 3.63) is 84.1 Å². The predicted octanol–water partition coefficient (Wildman–Crippen LogP) is 7.56. The number of nitrogens with two attached hydrogens (primary N) is 1. The molecule has 1 aliphatic rings. The molecule has 0 atom stereocenters. The standard InChI is InChI=1S/C30H32N4/c1-2-3-4-5-6-10-15-23-18-19-26(29-25-17-12-11-16-24(25)28(23)29)27-21-34(30(31)33-27)32-20-22-13-8-7-9-14-22/h7-9,11-14,16-21H,2-6,10,15H2,1H3,(H2,31,33). The van der Waals surface area contributed by atoms with E-state index in [1.807, 2.05) is 36.5 Å². The Kier molecular flexibility index (Phi) is 6.57. The summed E-state index contributed by atoms with van der Waals surface area (Å²) in [5.41, 5.74) is 16.0. The molecule has 0 aliphatic heterocycles. The Balaban J connectivity index is 1.41. The van der Waals surface area contributed by atoms with E-state index < -0.39 is 0 Å². The molecule has 1 aliphatic carbocycles. The summed E-state index contributed by atoms with van der Waals surface area (Å²) in [6.07, 6.45) is 12.7. The monoisotopic (exact) mass is 448 g/mol. The maximum Gasteiger partial charge on any atom is 0.221 e. The van der Waals surface area contributed by atoms with Crippen LogP contribution in [0.15, 0.2) is 78.0 Å². The van der Waals surface area contributed by atoms with Crippen LogP contribution in [0.4, 0.5) is 5.95 Å². The topological polar surface area (TPSA) is 56.2 Å². The minimum Gasteiger partial charge on any atom is -0.368 e. The summed E-state index contributed by atoms with van der Waals surface area (Å²) in [7, 11) is 0. The summed E-state index contributed by atoms with van der Waals surface area (Å²) >= 11 is 0. The van der Waals surface area contributed by atoms with Gasteiger partial charge in [0.1, 0.15) is 0 Å². The van der Waals surface area contributed by atoms with Crippen LogP contribution < -0.4 is 5.73 Å². The lowest BCUT2D eigenvalue weighted by Gasteiger charge is -2.29. The Hall–Kier alpha value is -3.66. The van der Waals surface area contributed by atoms with Crippen LogP contribution in [0.5, 0.6) is 0 Å². The molecule has 0 fully saturated rings. The Labute approximate surface area is 202 Å². The Morgan fingerprint density at radius 3 is 2.29 bits per heavy atom. The van der Waals surface area contributed by atoms with Gasteiger partial charge in [0.05, 0.1) is 18.1 Å². The van der Waals surface area contributed by atoms with Crippen LogP contribution in [0.1, 0.15) is 56.6 Å². The summed E-state index contributed by atoms with van der Waals surface area (Å²) in [4.78, 5) is 4.66. The SMILES string of the molecule is CCCCCCCCc1ccc(-c2cn(N=Cc3ccccc3)c(N)n2)c2c1-c1ccccc1-2. The molecule has 0 saturated carbocycles. The van der Waals surface area contributed by atoms with Gasteiger partial charge < -0.3 is 5.73 Å². The summed E-state index contributed by atoms with van der Waals surface area (Å²) in [6, 6.07) is 23.2. The predicted molar refractivity (Wildman–Crippen MR) is 143 cm³/mol. The van der Waals surface area contributed by atoms with Crippen molar-refractivity contribution in [3.63, 3.8) is 0 Å². The summed E-state index contributed by atoms with van der Waals surface area (Å²) < 4.78 is 1.66. The van der Waals surface area contributed by atoms with Gasteiger partial charge in [-0.25, -0.2) is 9.66 Å². The third kappa shape index (κ3) is 4.41. The van der Waals surface area contributed by atoms with E-state index in [2.05, 4.69) is 53.4 Å². The molecule has 4 nitrogen and oxygen atoms in total. The highest BCUT2D eigenvalue weighted by atomic mass is 15.4. The van der Waals surface area contributed by atoms with Crippen LogP contribution in [0.25, 0.3) is 33.5 Å². The molecular formula is C30H32N4. The summed E-state index contributed by atoms with van der Waals surface area (Å²) in [6.45, 7) is 2.27. The van der Waals surface area contributed by atoms with Crippen molar-refractivity contribution in [2.45, 2.75) is 51.9 Å². The van der Waals surface area contributed by atoms with Gasteiger partial charge in [0, 0.05) is 5.56 Å². The van der Waals surface area contributed by atoms with E-state index in [0.717, 1.165) is 23.2 Å². The van der Waals surface area contributed by atoms with Crippen LogP contribution >= 0.6 is 0 Å². The normalized spacial score (nSPS) is 11.9. The molecule has 172 valence electrons. The van der Waals surface area contributed by atoms with Crippen LogP contribution in [-0.2, 0) is 6.42 Å². The summed E-state index contributed by atoms with van der Waals surface area (Å²) in [5.74, 6) is 0.389. The molecular weight excluding hydrogens is 416 g/mol. The van der Waals surface area contributed by atoms with Gasteiger partial charge in [-0.2, -0.15) is 5.10 Å². The third-order valence-corrected chi connectivity index (χ3v) is 6.68. The molecule has 2 N–H and O–H groups in total. The average molecular weight is 449 g/mol. The molecule has 0 bridgehead atoms. The highest BCUT2D eigenvalue weighted by molar-refractivity contribution is 6.09. The van der Waals surface area contributed by atoms with Crippen LogP contribution in [-0.4, -0.2) is 15.9 Å². The van der Waals surface area contributed by atoms with Gasteiger partial charge in [-0.15, -0.1) is 0 Å². The number of rotatable bonds is 10. The molecule has 4 aromatic rings. The number of hydrogen-bond donors (Lipinski definition) is 1. The van der Waals surface area contributed by atoms with E-state index in [-0.39, 0.29) is 0 Å². The first-order valence-corrected chi connectivity index (χ1v) is 12.5.